The Morgan fingerprint density at radius 1 is 1.09 bits per heavy atom. The maximum atomic E-state index is 11.5. The topological polar surface area (TPSA) is 52.6 Å². The molecule has 22 heavy (non-hydrogen) atoms. The number of carbonyl (C=O) groups excluding carboxylic acids is 2. The molecule has 4 atom stereocenters. The fraction of sp³-hybridized carbons (Fsp3) is 0.667. The van der Waals surface area contributed by atoms with Crippen LogP contribution in [0, 0.1) is 22.7 Å². The summed E-state index contributed by atoms with van der Waals surface area (Å²) in [6.45, 7) is 7.80. The molecule has 0 N–H and O–H groups in total. The van der Waals surface area contributed by atoms with Crippen molar-refractivity contribution in [2.24, 2.45) is 22.7 Å². The van der Waals surface area contributed by atoms with Gasteiger partial charge in [-0.2, -0.15) is 0 Å². The van der Waals surface area contributed by atoms with Crippen molar-refractivity contribution in [2.75, 3.05) is 13.2 Å². The van der Waals surface area contributed by atoms with Crippen molar-refractivity contribution in [1.29, 1.82) is 0 Å². The van der Waals surface area contributed by atoms with E-state index in [1.165, 1.54) is 31.4 Å². The quantitative estimate of drug-likeness (QED) is 0.559. The summed E-state index contributed by atoms with van der Waals surface area (Å²) in [4.78, 5) is 23.0. The van der Waals surface area contributed by atoms with E-state index in [0.29, 0.717) is 25.0 Å². The maximum absolute atomic E-state index is 11.5. The number of carbonyl (C=O) groups is 2. The van der Waals surface area contributed by atoms with Crippen molar-refractivity contribution in [3.8, 4) is 0 Å². The van der Waals surface area contributed by atoms with Crippen LogP contribution in [0.3, 0.4) is 0 Å². The zero-order valence-corrected chi connectivity index (χ0v) is 13.0. The van der Waals surface area contributed by atoms with Gasteiger partial charge in [0.15, 0.2) is 0 Å². The summed E-state index contributed by atoms with van der Waals surface area (Å²) in [6, 6.07) is 0. The monoisotopic (exact) mass is 304 g/mol. The first-order valence-electron chi connectivity index (χ1n) is 8.14. The number of rotatable bonds is 6. The minimum Gasteiger partial charge on any atom is -0.462 e. The Hall–Kier alpha value is -1.58. The number of hydrogen-bond acceptors (Lipinski definition) is 4. The Kier molecular flexibility index (Phi) is 3.87. The number of hydrogen-bond donors (Lipinski definition) is 0. The number of esters is 2. The summed E-state index contributed by atoms with van der Waals surface area (Å²) in [5.74, 6) is 0.536. The van der Waals surface area contributed by atoms with Crippen molar-refractivity contribution in [3.05, 3.63) is 25.3 Å². The highest BCUT2D eigenvalue weighted by molar-refractivity contribution is 5.81. The molecule has 0 aromatic carbocycles. The summed E-state index contributed by atoms with van der Waals surface area (Å²) >= 11 is 0. The van der Waals surface area contributed by atoms with E-state index in [4.69, 9.17) is 9.47 Å². The van der Waals surface area contributed by atoms with Crippen LogP contribution in [-0.2, 0) is 19.1 Å². The van der Waals surface area contributed by atoms with Gasteiger partial charge in [0.1, 0.15) is 0 Å². The van der Waals surface area contributed by atoms with Crippen LogP contribution in [0.15, 0.2) is 25.3 Å². The first-order chi connectivity index (χ1) is 10.5. The molecule has 0 aromatic heterocycles. The second-order valence-electron chi connectivity index (χ2n) is 7.16. The van der Waals surface area contributed by atoms with Crippen LogP contribution in [0.4, 0.5) is 0 Å². The normalized spacial score (nSPS) is 38.4. The molecule has 3 fully saturated rings. The largest absolute Gasteiger partial charge is 0.462 e. The summed E-state index contributed by atoms with van der Waals surface area (Å²) in [5, 5.41) is 0. The second kappa shape index (κ2) is 5.56. The van der Waals surface area contributed by atoms with E-state index in [1.807, 2.05) is 0 Å². The lowest BCUT2D eigenvalue weighted by molar-refractivity contribution is -0.165. The van der Waals surface area contributed by atoms with E-state index in [2.05, 4.69) is 13.2 Å². The molecule has 0 saturated heterocycles. The fourth-order valence-corrected chi connectivity index (χ4v) is 5.52. The van der Waals surface area contributed by atoms with Gasteiger partial charge in [-0.1, -0.05) is 19.6 Å². The van der Waals surface area contributed by atoms with Crippen molar-refractivity contribution in [1.82, 2.24) is 0 Å². The minimum absolute atomic E-state index is 0.0178. The maximum Gasteiger partial charge on any atom is 0.330 e. The smallest absolute Gasteiger partial charge is 0.330 e. The molecule has 0 aromatic rings. The molecule has 3 rings (SSSR count). The lowest BCUT2D eigenvalue weighted by atomic mass is 9.52. The molecule has 3 aliphatic carbocycles. The van der Waals surface area contributed by atoms with Gasteiger partial charge < -0.3 is 9.47 Å². The van der Waals surface area contributed by atoms with Gasteiger partial charge in [0.25, 0.3) is 0 Å². The van der Waals surface area contributed by atoms with E-state index < -0.39 is 0 Å². The van der Waals surface area contributed by atoms with Crippen molar-refractivity contribution < 1.29 is 19.1 Å². The highest BCUT2D eigenvalue weighted by Gasteiger charge is 2.67. The van der Waals surface area contributed by atoms with E-state index in [9.17, 15) is 9.59 Å². The average molecular weight is 304 g/mol. The molecule has 4 unspecified atom stereocenters. The molecule has 4 nitrogen and oxygen atoms in total. The van der Waals surface area contributed by atoms with E-state index in [1.54, 1.807) is 0 Å². The van der Waals surface area contributed by atoms with E-state index in [-0.39, 0.29) is 22.8 Å². The third kappa shape index (κ3) is 2.20. The summed E-state index contributed by atoms with van der Waals surface area (Å²) in [6.07, 6.45) is 9.25. The highest BCUT2D eigenvalue weighted by atomic mass is 16.5. The van der Waals surface area contributed by atoms with Crippen molar-refractivity contribution in [3.63, 3.8) is 0 Å². The van der Waals surface area contributed by atoms with Gasteiger partial charge in [-0.05, 0) is 43.9 Å². The van der Waals surface area contributed by atoms with Crippen LogP contribution in [0.1, 0.15) is 38.5 Å². The van der Waals surface area contributed by atoms with Gasteiger partial charge >= 0.3 is 11.9 Å². The molecular weight excluding hydrogens is 280 g/mol. The summed E-state index contributed by atoms with van der Waals surface area (Å²) in [7, 11) is 0. The van der Waals surface area contributed by atoms with Crippen LogP contribution < -0.4 is 0 Å². The molecule has 120 valence electrons. The standard InChI is InChI=1S/C18H24O4/c1-3-15(19)21-11-17-7-5-6-14-8-13(9-17)10-18(14,17)12-22-16(20)4-2/h3-4,13-14H,1-2,5-12H2. The Morgan fingerprint density at radius 2 is 1.77 bits per heavy atom. The Balaban J connectivity index is 1.82. The molecule has 0 spiro atoms. The van der Waals surface area contributed by atoms with Crippen LogP contribution in [0.2, 0.25) is 0 Å². The third-order valence-corrected chi connectivity index (χ3v) is 6.29. The molecule has 0 amide bonds. The summed E-state index contributed by atoms with van der Waals surface area (Å²) in [5.41, 5.74) is -0.0466. The van der Waals surface area contributed by atoms with Gasteiger partial charge in [-0.3, -0.25) is 0 Å². The van der Waals surface area contributed by atoms with Crippen LogP contribution >= 0.6 is 0 Å². The minimum atomic E-state index is -0.363. The molecule has 0 heterocycles. The van der Waals surface area contributed by atoms with Gasteiger partial charge in [-0.15, -0.1) is 0 Å². The SMILES string of the molecule is C=CC(=O)OCC12CCCC3CC(C1)CC32COC(=O)C=C. The molecule has 4 heteroatoms. The molecular formula is C18H24O4. The molecule has 0 aliphatic heterocycles. The van der Waals surface area contributed by atoms with Gasteiger partial charge in [0.05, 0.1) is 13.2 Å². The lowest BCUT2D eigenvalue weighted by Gasteiger charge is -2.53. The third-order valence-electron chi connectivity index (χ3n) is 6.29. The second-order valence-corrected chi connectivity index (χ2v) is 7.16. The fourth-order valence-electron chi connectivity index (χ4n) is 5.52. The van der Waals surface area contributed by atoms with Gasteiger partial charge in [0.2, 0.25) is 0 Å². The van der Waals surface area contributed by atoms with Crippen LogP contribution in [0.5, 0.6) is 0 Å². The van der Waals surface area contributed by atoms with Crippen molar-refractivity contribution in [2.45, 2.75) is 38.5 Å². The van der Waals surface area contributed by atoms with Crippen molar-refractivity contribution >= 4 is 11.9 Å². The molecule has 3 saturated carbocycles. The first-order valence-corrected chi connectivity index (χ1v) is 8.14. The first kappa shape index (κ1) is 15.3. The Bertz CT molecular complexity index is 509. The Labute approximate surface area is 131 Å². The van der Waals surface area contributed by atoms with Crippen LogP contribution in [-0.4, -0.2) is 25.2 Å². The lowest BCUT2D eigenvalue weighted by Crippen LogP contribution is -2.52. The molecule has 3 aliphatic rings. The predicted molar refractivity (Wildman–Crippen MR) is 81.9 cm³/mol. The zero-order valence-electron chi connectivity index (χ0n) is 13.0. The van der Waals surface area contributed by atoms with E-state index in [0.717, 1.165) is 19.3 Å². The van der Waals surface area contributed by atoms with Gasteiger partial charge in [0, 0.05) is 23.0 Å². The van der Waals surface area contributed by atoms with Crippen LogP contribution in [0.25, 0.3) is 0 Å². The average Bonchev–Trinajstić information content (AvgIpc) is 3.04. The number of ether oxygens (including phenoxy) is 2. The molecule has 0 radical (unpaired) electrons. The highest BCUT2D eigenvalue weighted by Crippen LogP contribution is 2.72. The Morgan fingerprint density at radius 3 is 2.45 bits per heavy atom. The number of fused-ring (bicyclic) bond motifs is 1. The van der Waals surface area contributed by atoms with E-state index >= 15 is 0 Å². The summed E-state index contributed by atoms with van der Waals surface area (Å²) < 4.78 is 10.9. The predicted octanol–water partition coefficient (Wildman–Crippen LogP) is 3.03. The molecule has 2 bridgehead atoms. The van der Waals surface area contributed by atoms with Gasteiger partial charge in [-0.25, -0.2) is 9.59 Å². The zero-order chi connectivity index (χ0) is 15.8.